The number of ether oxygens (including phenoxy) is 2. The van der Waals surface area contributed by atoms with Crippen molar-refractivity contribution in [1.82, 2.24) is 0 Å². The van der Waals surface area contributed by atoms with E-state index in [1.54, 1.807) is 0 Å². The van der Waals surface area contributed by atoms with Crippen LogP contribution in [-0.2, 0) is 9.47 Å². The predicted octanol–water partition coefficient (Wildman–Crippen LogP) is 1.69. The Labute approximate surface area is 88.6 Å². The first kappa shape index (κ1) is 13.8. The van der Waals surface area contributed by atoms with Crippen LogP contribution in [0.2, 0.25) is 0 Å². The Morgan fingerprint density at radius 1 is 1.14 bits per heavy atom. The minimum Gasteiger partial charge on any atom is -0.373 e. The van der Waals surface area contributed by atoms with Crippen molar-refractivity contribution in [2.45, 2.75) is 20.3 Å². The molecule has 14 heavy (non-hydrogen) atoms. The lowest BCUT2D eigenvalue weighted by atomic mass is 10.4. The molecule has 0 aromatic rings. The summed E-state index contributed by atoms with van der Waals surface area (Å²) in [4.78, 5) is 0. The largest absolute Gasteiger partial charge is 0.373 e. The summed E-state index contributed by atoms with van der Waals surface area (Å²) in [7, 11) is 5.60. The average Bonchev–Trinajstić information content (AvgIpc) is 2.53. The Morgan fingerprint density at radius 2 is 1.79 bits per heavy atom. The molecule has 0 aromatic carbocycles. The summed E-state index contributed by atoms with van der Waals surface area (Å²) in [5.74, 6) is 0. The fraction of sp³-hybridized carbons (Fsp3) is 0.909. The molecule has 84 valence electrons. The van der Waals surface area contributed by atoms with Gasteiger partial charge in [-0.25, -0.2) is 0 Å². The maximum absolute atomic E-state index is 5.42. The molecule has 1 aliphatic heterocycles. The second kappa shape index (κ2) is 7.10. The normalized spacial score (nSPS) is 19.2. The van der Waals surface area contributed by atoms with Crippen molar-refractivity contribution < 1.29 is 14.0 Å². The zero-order valence-electron chi connectivity index (χ0n) is 8.63. The van der Waals surface area contributed by atoms with Gasteiger partial charge in [0, 0.05) is 12.8 Å². The first-order valence-electron chi connectivity index (χ1n) is 5.05. The Balaban J connectivity index is 0.00000169. The first-order valence-corrected chi connectivity index (χ1v) is 5.05. The average molecular weight is 203 g/mol. The van der Waals surface area contributed by atoms with E-state index in [9.17, 15) is 0 Å². The lowest BCUT2D eigenvalue weighted by Crippen LogP contribution is -2.43. The van der Waals surface area contributed by atoms with Crippen LogP contribution in [0.3, 0.4) is 0 Å². The fourth-order valence-electron chi connectivity index (χ4n) is 1.83. The number of likely N-dealkylation sites (tertiary alicyclic amines) is 1. The molecule has 3 heteroatoms. The number of nitrogens with zero attached hydrogens (tertiary/aromatic N) is 1. The lowest BCUT2D eigenvalue weighted by molar-refractivity contribution is -0.898. The molecule has 0 aliphatic carbocycles. The van der Waals surface area contributed by atoms with Gasteiger partial charge in [-0.15, -0.1) is 0 Å². The van der Waals surface area contributed by atoms with E-state index >= 15 is 0 Å². The molecule has 0 aromatic heterocycles. The lowest BCUT2D eigenvalue weighted by Gasteiger charge is -2.28. The maximum atomic E-state index is 5.42. The van der Waals surface area contributed by atoms with Crippen molar-refractivity contribution in [2.24, 2.45) is 0 Å². The molecule has 1 heterocycles. The van der Waals surface area contributed by atoms with E-state index in [1.165, 1.54) is 30.4 Å². The molecule has 0 saturated carbocycles. The van der Waals surface area contributed by atoms with Gasteiger partial charge in [-0.05, 0) is 0 Å². The number of quaternary nitrogens is 1. The zero-order valence-corrected chi connectivity index (χ0v) is 8.63. The van der Waals surface area contributed by atoms with Crippen LogP contribution in [0, 0.1) is 7.11 Å². The van der Waals surface area contributed by atoms with E-state index in [0.717, 1.165) is 13.2 Å². The van der Waals surface area contributed by atoms with Crippen LogP contribution in [0.4, 0.5) is 0 Å². The van der Waals surface area contributed by atoms with Crippen LogP contribution in [0.5, 0.6) is 0 Å². The number of likely N-dealkylation sites (N-methyl/N-ethyl adjacent to an activating group) is 1. The summed E-state index contributed by atoms with van der Waals surface area (Å²) in [6.45, 7) is 5.88. The molecule has 0 unspecified atom stereocenters. The Morgan fingerprint density at radius 3 is 2.36 bits per heavy atom. The summed E-state index contributed by atoms with van der Waals surface area (Å²) in [6.07, 6.45) is 2.75. The number of hydrogen-bond acceptors (Lipinski definition) is 2. The van der Waals surface area contributed by atoms with Crippen molar-refractivity contribution in [3.8, 4) is 0 Å². The molecule has 0 atom stereocenters. The highest BCUT2D eigenvalue weighted by Gasteiger charge is 2.25. The highest BCUT2D eigenvalue weighted by Crippen LogP contribution is 2.15. The van der Waals surface area contributed by atoms with E-state index in [2.05, 4.69) is 18.9 Å². The monoisotopic (exact) mass is 203 g/mol. The molecule has 0 bridgehead atoms. The Hall–Kier alpha value is -0.250. The van der Waals surface area contributed by atoms with E-state index in [4.69, 9.17) is 4.74 Å². The molecule has 0 N–H and O–H groups in total. The van der Waals surface area contributed by atoms with E-state index in [0.29, 0.717) is 13.2 Å². The van der Waals surface area contributed by atoms with E-state index < -0.39 is 0 Å². The minimum atomic E-state index is 0. The summed E-state index contributed by atoms with van der Waals surface area (Å²) in [6, 6.07) is 0. The third kappa shape index (κ3) is 4.84. The molecule has 1 fully saturated rings. The van der Waals surface area contributed by atoms with Crippen molar-refractivity contribution in [3.63, 3.8) is 0 Å². The summed E-state index contributed by atoms with van der Waals surface area (Å²) in [5.41, 5.74) is 0. The van der Waals surface area contributed by atoms with Gasteiger partial charge in [0.15, 0.2) is 0 Å². The van der Waals surface area contributed by atoms with Gasteiger partial charge >= 0.3 is 0 Å². The Bertz CT molecular complexity index is 133. The third-order valence-corrected chi connectivity index (χ3v) is 2.79. The van der Waals surface area contributed by atoms with Gasteiger partial charge in [-0.3, -0.25) is 0 Å². The van der Waals surface area contributed by atoms with Gasteiger partial charge in [0.25, 0.3) is 0 Å². The van der Waals surface area contributed by atoms with Gasteiger partial charge in [0.05, 0.1) is 33.4 Å². The molecule has 0 radical (unpaired) electrons. The number of hydrogen-bond donors (Lipinski definition) is 0. The SMILES string of the molecule is C.[CH2+]OCCOCC[N+]1(C)CCCC1. The van der Waals surface area contributed by atoms with Crippen molar-refractivity contribution in [3.05, 3.63) is 7.11 Å². The highest BCUT2D eigenvalue weighted by molar-refractivity contribution is 4.51. The van der Waals surface area contributed by atoms with Crippen LogP contribution >= 0.6 is 0 Å². The summed E-state index contributed by atoms with van der Waals surface area (Å²) >= 11 is 0. The molecule has 1 aliphatic rings. The molecular formula is C11H25NO2+2. The molecule has 0 amide bonds. The fourth-order valence-corrected chi connectivity index (χ4v) is 1.83. The van der Waals surface area contributed by atoms with Crippen LogP contribution < -0.4 is 0 Å². The first-order chi connectivity index (χ1) is 6.27. The van der Waals surface area contributed by atoms with Crippen molar-refractivity contribution in [2.75, 3.05) is 46.5 Å². The molecule has 0 spiro atoms. The second-order valence-electron chi connectivity index (χ2n) is 4.02. The quantitative estimate of drug-likeness (QED) is 0.371. The topological polar surface area (TPSA) is 18.5 Å². The second-order valence-corrected chi connectivity index (χ2v) is 4.02. The van der Waals surface area contributed by atoms with Gasteiger partial charge in [0.1, 0.15) is 13.2 Å². The van der Waals surface area contributed by atoms with Gasteiger partial charge in [-0.2, -0.15) is 4.74 Å². The summed E-state index contributed by atoms with van der Waals surface area (Å²) in [5, 5.41) is 0. The summed E-state index contributed by atoms with van der Waals surface area (Å²) < 4.78 is 11.3. The number of rotatable bonds is 6. The van der Waals surface area contributed by atoms with Crippen LogP contribution in [0.1, 0.15) is 20.3 Å². The van der Waals surface area contributed by atoms with Gasteiger partial charge in [-0.1, -0.05) is 7.43 Å². The molecule has 3 nitrogen and oxygen atoms in total. The van der Waals surface area contributed by atoms with Crippen molar-refractivity contribution in [1.29, 1.82) is 0 Å². The van der Waals surface area contributed by atoms with Crippen LogP contribution in [0.15, 0.2) is 0 Å². The van der Waals surface area contributed by atoms with Crippen molar-refractivity contribution >= 4 is 0 Å². The zero-order chi connectivity index (χ0) is 9.57. The van der Waals surface area contributed by atoms with E-state index in [-0.39, 0.29) is 7.43 Å². The Kier molecular flexibility index (Phi) is 6.97. The molecule has 1 rings (SSSR count). The van der Waals surface area contributed by atoms with Crippen LogP contribution in [0.25, 0.3) is 0 Å². The third-order valence-electron chi connectivity index (χ3n) is 2.79. The van der Waals surface area contributed by atoms with Gasteiger partial charge < -0.3 is 9.22 Å². The molecular weight excluding hydrogens is 178 g/mol. The highest BCUT2D eigenvalue weighted by atomic mass is 16.5. The van der Waals surface area contributed by atoms with Crippen LogP contribution in [-0.4, -0.2) is 51.0 Å². The minimum absolute atomic E-state index is 0. The molecule has 1 saturated heterocycles. The van der Waals surface area contributed by atoms with Gasteiger partial charge in [0.2, 0.25) is 7.11 Å². The standard InChI is InChI=1S/C10H21NO2.CH4/c1-11(5-3-4-6-11)7-8-13-10-9-12-2;/h2-10H2,1H3;1H4/q+2;. The smallest absolute Gasteiger partial charge is 0.213 e. The maximum Gasteiger partial charge on any atom is 0.213 e. The van der Waals surface area contributed by atoms with E-state index in [1.807, 2.05) is 0 Å². The predicted molar refractivity (Wildman–Crippen MR) is 58.9 cm³/mol.